The number of aromatic nitrogens is 1. The molecule has 1 unspecified atom stereocenters. The normalized spacial score (nSPS) is 12.9. The molecule has 7 heteroatoms. The van der Waals surface area contributed by atoms with Crippen molar-refractivity contribution in [2.75, 3.05) is 6.54 Å². The molecule has 94 valence electrons. The lowest BCUT2D eigenvalue weighted by molar-refractivity contribution is -0.122. The van der Waals surface area contributed by atoms with Gasteiger partial charge in [-0.05, 0) is 19.1 Å². The van der Waals surface area contributed by atoms with Crippen LogP contribution in [0.3, 0.4) is 0 Å². The van der Waals surface area contributed by atoms with Crippen LogP contribution in [0.5, 0.6) is 0 Å². The highest BCUT2D eigenvalue weighted by molar-refractivity contribution is 5.74. The maximum absolute atomic E-state index is 11.8. The van der Waals surface area contributed by atoms with Gasteiger partial charge < -0.3 is 10.6 Å². The number of nitrogens with one attached hydrogen (secondary N) is 2. The van der Waals surface area contributed by atoms with Gasteiger partial charge in [0.25, 0.3) is 0 Å². The number of pyridine rings is 1. The second kappa shape index (κ2) is 5.51. The van der Waals surface area contributed by atoms with E-state index in [-0.39, 0.29) is 0 Å². The van der Waals surface area contributed by atoms with Crippen molar-refractivity contribution in [3.63, 3.8) is 0 Å². The molecule has 0 aromatic carbocycles. The number of rotatable bonds is 3. The summed E-state index contributed by atoms with van der Waals surface area (Å²) in [6, 6.07) is 3.79. The van der Waals surface area contributed by atoms with E-state index in [1.807, 2.05) is 0 Å². The highest BCUT2D eigenvalue weighted by Gasteiger charge is 2.27. The van der Waals surface area contributed by atoms with E-state index in [0.29, 0.717) is 5.69 Å². The molecule has 1 heterocycles. The van der Waals surface area contributed by atoms with Gasteiger partial charge in [-0.15, -0.1) is 0 Å². The van der Waals surface area contributed by atoms with Gasteiger partial charge in [0.05, 0.1) is 11.7 Å². The molecule has 4 nitrogen and oxygen atoms in total. The van der Waals surface area contributed by atoms with Crippen molar-refractivity contribution < 1.29 is 18.0 Å². The zero-order valence-electron chi connectivity index (χ0n) is 9.08. The molecule has 2 N–H and O–H groups in total. The van der Waals surface area contributed by atoms with E-state index in [0.717, 1.165) is 0 Å². The maximum Gasteiger partial charge on any atom is 0.405 e. The second-order valence-electron chi connectivity index (χ2n) is 3.42. The summed E-state index contributed by atoms with van der Waals surface area (Å²) in [4.78, 5) is 15.1. The zero-order valence-corrected chi connectivity index (χ0v) is 9.08. The lowest BCUT2D eigenvalue weighted by Crippen LogP contribution is -2.41. The number of carbonyl (C=O) groups is 1. The van der Waals surface area contributed by atoms with Crippen molar-refractivity contribution in [1.29, 1.82) is 0 Å². The third kappa shape index (κ3) is 5.19. The average molecular weight is 247 g/mol. The molecule has 0 fully saturated rings. The number of nitrogens with zero attached hydrogens (tertiary/aromatic N) is 1. The third-order valence-electron chi connectivity index (χ3n) is 1.93. The summed E-state index contributed by atoms with van der Waals surface area (Å²) in [5.74, 6) is 0. The van der Waals surface area contributed by atoms with Gasteiger partial charge >= 0.3 is 12.2 Å². The highest BCUT2D eigenvalue weighted by Crippen LogP contribution is 2.12. The summed E-state index contributed by atoms with van der Waals surface area (Å²) < 4.78 is 35.5. The summed E-state index contributed by atoms with van der Waals surface area (Å²) in [5.41, 5.74) is 0.578. The molecular weight excluding hydrogens is 235 g/mol. The Bertz CT molecular complexity index is 367. The number of halogens is 3. The van der Waals surface area contributed by atoms with Crippen molar-refractivity contribution in [3.8, 4) is 0 Å². The van der Waals surface area contributed by atoms with Crippen LogP contribution in [-0.4, -0.2) is 23.7 Å². The molecule has 1 atom stereocenters. The second-order valence-corrected chi connectivity index (χ2v) is 3.42. The molecule has 0 saturated carbocycles. The minimum Gasteiger partial charge on any atom is -0.330 e. The summed E-state index contributed by atoms with van der Waals surface area (Å²) >= 11 is 0. The summed E-state index contributed by atoms with van der Waals surface area (Å²) in [7, 11) is 0. The van der Waals surface area contributed by atoms with Crippen LogP contribution in [-0.2, 0) is 0 Å². The van der Waals surface area contributed by atoms with Crippen LogP contribution in [0.4, 0.5) is 18.0 Å². The number of urea groups is 1. The van der Waals surface area contributed by atoms with Crippen molar-refractivity contribution >= 4 is 6.03 Å². The van der Waals surface area contributed by atoms with Gasteiger partial charge in [0, 0.05) is 6.20 Å². The fourth-order valence-electron chi connectivity index (χ4n) is 1.13. The largest absolute Gasteiger partial charge is 0.405 e. The van der Waals surface area contributed by atoms with E-state index in [2.05, 4.69) is 10.3 Å². The fraction of sp³-hybridized carbons (Fsp3) is 0.400. The molecule has 1 aromatic rings. The van der Waals surface area contributed by atoms with Gasteiger partial charge in [0.1, 0.15) is 6.54 Å². The number of hydrogen-bond acceptors (Lipinski definition) is 2. The standard InChI is InChI=1S/C10H12F3N3O/c1-7(8-4-2-3-5-14-8)16-9(17)15-6-10(11,12)13/h2-5,7H,6H2,1H3,(H2,15,16,17). The van der Waals surface area contributed by atoms with E-state index in [9.17, 15) is 18.0 Å². The van der Waals surface area contributed by atoms with E-state index >= 15 is 0 Å². The predicted molar refractivity (Wildman–Crippen MR) is 55.2 cm³/mol. The molecule has 0 radical (unpaired) electrons. The molecule has 17 heavy (non-hydrogen) atoms. The Morgan fingerprint density at radius 1 is 1.47 bits per heavy atom. The summed E-state index contributed by atoms with van der Waals surface area (Å²) in [5, 5.41) is 4.08. The van der Waals surface area contributed by atoms with E-state index < -0.39 is 24.8 Å². The molecule has 0 aliphatic carbocycles. The first-order valence-electron chi connectivity index (χ1n) is 4.90. The molecular formula is C10H12F3N3O. The quantitative estimate of drug-likeness (QED) is 0.858. The minimum atomic E-state index is -4.41. The van der Waals surface area contributed by atoms with Crippen LogP contribution in [0.1, 0.15) is 18.7 Å². The molecule has 0 spiro atoms. The Labute approximate surface area is 96.2 Å². The summed E-state index contributed by atoms with van der Waals surface area (Å²) in [6.45, 7) is 0.281. The van der Waals surface area contributed by atoms with Gasteiger partial charge in [0.15, 0.2) is 0 Å². The first-order chi connectivity index (χ1) is 7.88. The van der Waals surface area contributed by atoms with Crippen molar-refractivity contribution in [3.05, 3.63) is 30.1 Å². The number of alkyl halides is 3. The van der Waals surface area contributed by atoms with Crippen LogP contribution in [0.15, 0.2) is 24.4 Å². The summed E-state index contributed by atoms with van der Waals surface area (Å²) in [6.07, 6.45) is -2.87. The van der Waals surface area contributed by atoms with Gasteiger partial charge in [-0.25, -0.2) is 4.79 Å². The third-order valence-corrected chi connectivity index (χ3v) is 1.93. The lowest BCUT2D eigenvalue weighted by Gasteiger charge is -2.14. The molecule has 0 aliphatic rings. The molecule has 1 aromatic heterocycles. The minimum absolute atomic E-state index is 0.454. The predicted octanol–water partition coefficient (Wildman–Crippen LogP) is 2.00. The molecule has 0 bridgehead atoms. The van der Waals surface area contributed by atoms with E-state index in [1.165, 1.54) is 0 Å². The van der Waals surface area contributed by atoms with E-state index in [4.69, 9.17) is 0 Å². The van der Waals surface area contributed by atoms with Gasteiger partial charge in [0.2, 0.25) is 0 Å². The Kier molecular flexibility index (Phi) is 4.30. The van der Waals surface area contributed by atoms with Crippen LogP contribution < -0.4 is 10.6 Å². The Morgan fingerprint density at radius 2 is 2.18 bits per heavy atom. The van der Waals surface area contributed by atoms with Crippen molar-refractivity contribution in [2.24, 2.45) is 0 Å². The maximum atomic E-state index is 11.8. The Hall–Kier alpha value is -1.79. The van der Waals surface area contributed by atoms with Crippen LogP contribution in [0.25, 0.3) is 0 Å². The number of hydrogen-bond donors (Lipinski definition) is 2. The van der Waals surface area contributed by atoms with E-state index in [1.54, 1.807) is 36.6 Å². The molecule has 0 saturated heterocycles. The average Bonchev–Trinajstić information content (AvgIpc) is 2.27. The zero-order chi connectivity index (χ0) is 12.9. The SMILES string of the molecule is CC(NC(=O)NCC(F)(F)F)c1ccccn1. The van der Waals surface area contributed by atoms with Gasteiger partial charge in [-0.3, -0.25) is 4.98 Å². The monoisotopic (exact) mass is 247 g/mol. The van der Waals surface area contributed by atoms with Crippen LogP contribution in [0, 0.1) is 0 Å². The molecule has 2 amide bonds. The van der Waals surface area contributed by atoms with Gasteiger partial charge in [-0.1, -0.05) is 6.07 Å². The van der Waals surface area contributed by atoms with Gasteiger partial charge in [-0.2, -0.15) is 13.2 Å². The fourth-order valence-corrected chi connectivity index (χ4v) is 1.13. The smallest absolute Gasteiger partial charge is 0.330 e. The molecule has 1 rings (SSSR count). The molecule has 0 aliphatic heterocycles. The van der Waals surface area contributed by atoms with Crippen LogP contribution in [0.2, 0.25) is 0 Å². The number of carbonyl (C=O) groups excluding carboxylic acids is 1. The van der Waals surface area contributed by atoms with Crippen LogP contribution >= 0.6 is 0 Å². The lowest BCUT2D eigenvalue weighted by atomic mass is 10.2. The Morgan fingerprint density at radius 3 is 2.71 bits per heavy atom. The Balaban J connectivity index is 2.42. The van der Waals surface area contributed by atoms with Crippen molar-refractivity contribution in [1.82, 2.24) is 15.6 Å². The topological polar surface area (TPSA) is 54.0 Å². The number of amides is 2. The first-order valence-corrected chi connectivity index (χ1v) is 4.90. The highest BCUT2D eigenvalue weighted by atomic mass is 19.4. The van der Waals surface area contributed by atoms with Crippen molar-refractivity contribution in [2.45, 2.75) is 19.1 Å². The first kappa shape index (κ1) is 13.3.